The zero-order valence-corrected chi connectivity index (χ0v) is 18.5. The van der Waals surface area contributed by atoms with Gasteiger partial charge in [-0.1, -0.05) is 11.6 Å². The highest BCUT2D eigenvalue weighted by Gasteiger charge is 2.54. The number of halogens is 1. The number of hydrogen-bond acceptors (Lipinski definition) is 6. The minimum atomic E-state index is -1.17. The lowest BCUT2D eigenvalue weighted by Crippen LogP contribution is -2.54. The standard InChI is InChI=1S/C22H26ClN3O6/c1-12(20(28)25-18-7-16(26(30)31)2-3-17(18)23)32-19(27)11-24-21(29)22-8-13-4-14(9-22)6-15(5-13)10-22/h2-3,7,12-15H,4-6,8-11H2,1H3,(H,24,29)(H,25,28)/t12-,13?,14?,15?,22?/m0/s1. The largest absolute Gasteiger partial charge is 0.451 e. The van der Waals surface area contributed by atoms with Crippen LogP contribution in [0.3, 0.4) is 0 Å². The topological polar surface area (TPSA) is 128 Å². The van der Waals surface area contributed by atoms with Gasteiger partial charge in [0.2, 0.25) is 5.91 Å². The maximum Gasteiger partial charge on any atom is 0.326 e. The fourth-order valence-corrected chi connectivity index (χ4v) is 6.14. The zero-order chi connectivity index (χ0) is 23.0. The van der Waals surface area contributed by atoms with Gasteiger partial charge < -0.3 is 15.4 Å². The monoisotopic (exact) mass is 463 g/mol. The summed E-state index contributed by atoms with van der Waals surface area (Å²) in [7, 11) is 0. The summed E-state index contributed by atoms with van der Waals surface area (Å²) in [6.07, 6.45) is 5.16. The number of amides is 2. The molecule has 4 aliphatic carbocycles. The van der Waals surface area contributed by atoms with Crippen molar-refractivity contribution >= 4 is 40.8 Å². The Labute approximate surface area is 190 Å². The quantitative estimate of drug-likeness (QED) is 0.362. The van der Waals surface area contributed by atoms with Gasteiger partial charge in [-0.3, -0.25) is 24.5 Å². The molecule has 4 saturated carbocycles. The Morgan fingerprint density at radius 2 is 1.78 bits per heavy atom. The molecule has 4 bridgehead atoms. The van der Waals surface area contributed by atoms with E-state index in [1.165, 1.54) is 38.3 Å². The smallest absolute Gasteiger partial charge is 0.326 e. The molecule has 0 heterocycles. The van der Waals surface area contributed by atoms with Crippen LogP contribution in [0.2, 0.25) is 5.02 Å². The summed E-state index contributed by atoms with van der Waals surface area (Å²) in [4.78, 5) is 47.8. The molecule has 4 fully saturated rings. The third-order valence-corrected chi connectivity index (χ3v) is 7.34. The Hall–Kier alpha value is -2.68. The first-order valence-electron chi connectivity index (χ1n) is 10.9. The number of benzene rings is 1. The van der Waals surface area contributed by atoms with Crippen LogP contribution in [-0.2, 0) is 19.1 Å². The van der Waals surface area contributed by atoms with Crippen molar-refractivity contribution < 1.29 is 24.0 Å². The van der Waals surface area contributed by atoms with Crippen molar-refractivity contribution in [1.82, 2.24) is 5.32 Å². The SMILES string of the molecule is C[C@H](OC(=O)CNC(=O)C12CC3CC(CC(C3)C1)C2)C(=O)Nc1cc([N+](=O)[O-])ccc1Cl. The zero-order valence-electron chi connectivity index (χ0n) is 17.8. The number of nitro groups is 1. The second-order valence-corrected chi connectivity index (χ2v) is 9.83. The number of esters is 1. The van der Waals surface area contributed by atoms with Crippen LogP contribution in [0, 0.1) is 33.3 Å². The third-order valence-electron chi connectivity index (χ3n) is 7.01. The predicted molar refractivity (Wildman–Crippen MR) is 116 cm³/mol. The van der Waals surface area contributed by atoms with Gasteiger partial charge in [-0.25, -0.2) is 0 Å². The van der Waals surface area contributed by atoms with E-state index in [9.17, 15) is 24.5 Å². The number of hydrogen-bond donors (Lipinski definition) is 2. The van der Waals surface area contributed by atoms with E-state index >= 15 is 0 Å². The van der Waals surface area contributed by atoms with Crippen molar-refractivity contribution in [2.45, 2.75) is 51.6 Å². The highest BCUT2D eigenvalue weighted by atomic mass is 35.5. The second-order valence-electron chi connectivity index (χ2n) is 9.42. The molecule has 1 atom stereocenters. The van der Waals surface area contributed by atoms with Crippen molar-refractivity contribution in [2.24, 2.45) is 23.2 Å². The van der Waals surface area contributed by atoms with Gasteiger partial charge in [-0.05, 0) is 69.3 Å². The number of non-ortho nitro benzene ring substituents is 1. The van der Waals surface area contributed by atoms with E-state index in [0.29, 0.717) is 17.8 Å². The molecule has 172 valence electrons. The molecule has 4 aliphatic rings. The van der Waals surface area contributed by atoms with Crippen LogP contribution in [-0.4, -0.2) is 35.4 Å². The minimum absolute atomic E-state index is 0.0453. The summed E-state index contributed by atoms with van der Waals surface area (Å²) in [6.45, 7) is 1.06. The second kappa shape index (κ2) is 8.69. The summed E-state index contributed by atoms with van der Waals surface area (Å²) < 4.78 is 5.13. The number of nitrogens with one attached hydrogen (secondary N) is 2. The van der Waals surface area contributed by atoms with Gasteiger partial charge in [0.25, 0.3) is 11.6 Å². The molecule has 9 nitrogen and oxygen atoms in total. The summed E-state index contributed by atoms with van der Waals surface area (Å²) in [5, 5.41) is 16.2. The van der Waals surface area contributed by atoms with E-state index in [1.807, 2.05) is 0 Å². The molecule has 1 aromatic carbocycles. The number of rotatable bonds is 7. The first-order valence-corrected chi connectivity index (χ1v) is 11.3. The first-order chi connectivity index (χ1) is 15.1. The molecule has 0 radical (unpaired) electrons. The Kier molecular flexibility index (Phi) is 6.11. The molecule has 0 spiro atoms. The van der Waals surface area contributed by atoms with Gasteiger partial charge in [0.05, 0.1) is 15.6 Å². The van der Waals surface area contributed by atoms with Gasteiger partial charge in [0.1, 0.15) is 6.54 Å². The van der Waals surface area contributed by atoms with Crippen LogP contribution < -0.4 is 10.6 Å². The summed E-state index contributed by atoms with van der Waals surface area (Å²) >= 11 is 5.98. The number of carbonyl (C=O) groups excluding carboxylic acids is 3. The molecule has 0 aromatic heterocycles. The van der Waals surface area contributed by atoms with Gasteiger partial charge >= 0.3 is 5.97 Å². The minimum Gasteiger partial charge on any atom is -0.451 e. The molecule has 0 aliphatic heterocycles. The highest BCUT2D eigenvalue weighted by molar-refractivity contribution is 6.33. The molecule has 1 aromatic rings. The number of nitrogens with zero attached hydrogens (tertiary/aromatic N) is 1. The Morgan fingerprint density at radius 1 is 1.19 bits per heavy atom. The molecule has 5 rings (SSSR count). The number of anilines is 1. The molecular weight excluding hydrogens is 438 g/mol. The molecule has 2 N–H and O–H groups in total. The van der Waals surface area contributed by atoms with Gasteiger partial charge in [0.15, 0.2) is 6.10 Å². The lowest BCUT2D eigenvalue weighted by atomic mass is 9.49. The van der Waals surface area contributed by atoms with Crippen LogP contribution in [0.25, 0.3) is 0 Å². The van der Waals surface area contributed by atoms with Gasteiger partial charge in [-0.15, -0.1) is 0 Å². The maximum atomic E-state index is 12.9. The average molecular weight is 464 g/mol. The van der Waals surface area contributed by atoms with Gasteiger partial charge in [-0.2, -0.15) is 0 Å². The van der Waals surface area contributed by atoms with Crippen molar-refractivity contribution in [3.63, 3.8) is 0 Å². The van der Waals surface area contributed by atoms with Crippen LogP contribution >= 0.6 is 11.6 Å². The summed E-state index contributed by atoms with van der Waals surface area (Å²) in [6, 6.07) is 3.64. The van der Waals surface area contributed by atoms with Crippen LogP contribution in [0.15, 0.2) is 18.2 Å². The number of ether oxygens (including phenoxy) is 1. The lowest BCUT2D eigenvalue weighted by Gasteiger charge is -2.55. The number of nitro benzene ring substituents is 1. The van der Waals surface area contributed by atoms with E-state index in [2.05, 4.69) is 10.6 Å². The van der Waals surface area contributed by atoms with Crippen LogP contribution in [0.1, 0.15) is 45.4 Å². The van der Waals surface area contributed by atoms with Gasteiger partial charge in [0, 0.05) is 17.5 Å². The Morgan fingerprint density at radius 3 is 2.34 bits per heavy atom. The van der Waals surface area contributed by atoms with E-state index in [1.54, 1.807) is 0 Å². The first kappa shape index (κ1) is 22.5. The fourth-order valence-electron chi connectivity index (χ4n) is 5.98. The Bertz CT molecular complexity index is 930. The Balaban J connectivity index is 1.28. The maximum absolute atomic E-state index is 12.9. The van der Waals surface area contributed by atoms with Crippen LogP contribution in [0.4, 0.5) is 11.4 Å². The van der Waals surface area contributed by atoms with Crippen molar-refractivity contribution in [1.29, 1.82) is 0 Å². The van der Waals surface area contributed by atoms with E-state index < -0.39 is 22.9 Å². The molecule has 2 amide bonds. The van der Waals surface area contributed by atoms with E-state index in [-0.39, 0.29) is 34.3 Å². The lowest BCUT2D eigenvalue weighted by molar-refractivity contribution is -0.384. The third kappa shape index (κ3) is 4.57. The predicted octanol–water partition coefficient (Wildman–Crippen LogP) is 3.45. The van der Waals surface area contributed by atoms with Crippen molar-refractivity contribution in [3.05, 3.63) is 33.3 Å². The van der Waals surface area contributed by atoms with Crippen molar-refractivity contribution in [3.8, 4) is 0 Å². The fraction of sp³-hybridized carbons (Fsp3) is 0.591. The summed E-state index contributed by atoms with van der Waals surface area (Å²) in [5.74, 6) is 0.341. The highest BCUT2D eigenvalue weighted by Crippen LogP contribution is 2.60. The van der Waals surface area contributed by atoms with Crippen molar-refractivity contribution in [2.75, 3.05) is 11.9 Å². The van der Waals surface area contributed by atoms with E-state index in [4.69, 9.17) is 16.3 Å². The average Bonchev–Trinajstić information content (AvgIpc) is 2.72. The number of carbonyl (C=O) groups is 3. The van der Waals surface area contributed by atoms with E-state index in [0.717, 1.165) is 25.3 Å². The molecule has 10 heteroatoms. The summed E-state index contributed by atoms with van der Waals surface area (Å²) in [5.41, 5.74) is -0.554. The normalized spacial score (nSPS) is 28.6. The molecule has 0 saturated heterocycles. The molecular formula is C22H26ClN3O6. The van der Waals surface area contributed by atoms with Crippen LogP contribution in [0.5, 0.6) is 0 Å². The molecule has 0 unspecified atom stereocenters. The molecule has 32 heavy (non-hydrogen) atoms.